The molecular formula is C7H12N4S. The van der Waals surface area contributed by atoms with Crippen molar-refractivity contribution in [2.24, 2.45) is 0 Å². The first-order valence-electron chi connectivity index (χ1n) is 3.83. The van der Waals surface area contributed by atoms with Gasteiger partial charge in [0.25, 0.3) is 0 Å². The van der Waals surface area contributed by atoms with Gasteiger partial charge in [0, 0.05) is 18.9 Å². The number of nitrogens with one attached hydrogen (secondary N) is 3. The average Bonchev–Trinajstić information content (AvgIpc) is 2.53. The Balaban J connectivity index is 2.22. The van der Waals surface area contributed by atoms with Crippen LogP contribution in [0.25, 0.3) is 0 Å². The molecule has 12 heavy (non-hydrogen) atoms. The maximum Gasteiger partial charge on any atom is 0.166 e. The molecule has 0 aliphatic heterocycles. The van der Waals surface area contributed by atoms with Gasteiger partial charge < -0.3 is 15.6 Å². The standard InChI is InChI=1S/C7H12N4S/c1-2-8-7(12)11-5-6-9-3-4-10-6/h3-4H,2,5H2,1H3,(H,9,10)(H2,8,11,12). The van der Waals surface area contributed by atoms with Crippen LogP contribution in [-0.2, 0) is 6.54 Å². The number of thiocarbonyl (C=S) groups is 1. The number of H-pyrrole nitrogens is 1. The number of aromatic amines is 1. The summed E-state index contributed by atoms with van der Waals surface area (Å²) in [5.74, 6) is 0.884. The average molecular weight is 184 g/mol. The molecule has 5 heteroatoms. The van der Waals surface area contributed by atoms with Gasteiger partial charge in [0.1, 0.15) is 5.82 Å². The molecule has 0 bridgehead atoms. The van der Waals surface area contributed by atoms with E-state index in [2.05, 4.69) is 20.6 Å². The Morgan fingerprint density at radius 2 is 2.50 bits per heavy atom. The molecule has 0 saturated heterocycles. The topological polar surface area (TPSA) is 52.7 Å². The molecule has 0 aromatic carbocycles. The largest absolute Gasteiger partial charge is 0.363 e. The van der Waals surface area contributed by atoms with E-state index in [1.807, 2.05) is 6.92 Å². The van der Waals surface area contributed by atoms with Crippen LogP contribution in [0.1, 0.15) is 12.7 Å². The van der Waals surface area contributed by atoms with Crippen LogP contribution >= 0.6 is 12.2 Å². The van der Waals surface area contributed by atoms with Crippen LogP contribution in [0.2, 0.25) is 0 Å². The predicted octanol–water partition coefficient (Wildman–Crippen LogP) is 0.394. The van der Waals surface area contributed by atoms with Crippen LogP contribution < -0.4 is 10.6 Å². The molecule has 0 radical (unpaired) electrons. The lowest BCUT2D eigenvalue weighted by Gasteiger charge is -2.06. The molecule has 1 aromatic rings. The number of hydrogen-bond donors (Lipinski definition) is 3. The maximum absolute atomic E-state index is 4.96. The van der Waals surface area contributed by atoms with Crippen molar-refractivity contribution in [3.05, 3.63) is 18.2 Å². The molecule has 0 aliphatic carbocycles. The summed E-state index contributed by atoms with van der Waals surface area (Å²) in [7, 11) is 0. The van der Waals surface area contributed by atoms with E-state index in [0.29, 0.717) is 11.7 Å². The second-order valence-electron chi connectivity index (χ2n) is 2.25. The summed E-state index contributed by atoms with van der Waals surface area (Å²) in [4.78, 5) is 7.02. The fraction of sp³-hybridized carbons (Fsp3) is 0.429. The summed E-state index contributed by atoms with van der Waals surface area (Å²) >= 11 is 4.96. The molecule has 66 valence electrons. The Labute approximate surface area is 76.8 Å². The molecule has 1 rings (SSSR count). The van der Waals surface area contributed by atoms with Gasteiger partial charge in [-0.15, -0.1) is 0 Å². The van der Waals surface area contributed by atoms with Gasteiger partial charge in [-0.25, -0.2) is 4.98 Å². The fourth-order valence-corrected chi connectivity index (χ4v) is 0.998. The second-order valence-corrected chi connectivity index (χ2v) is 2.66. The van der Waals surface area contributed by atoms with Gasteiger partial charge in [-0.1, -0.05) is 0 Å². The molecule has 0 fully saturated rings. The number of hydrogen-bond acceptors (Lipinski definition) is 2. The molecule has 0 saturated carbocycles. The highest BCUT2D eigenvalue weighted by Gasteiger charge is 1.94. The van der Waals surface area contributed by atoms with E-state index >= 15 is 0 Å². The minimum atomic E-state index is 0.638. The zero-order valence-electron chi connectivity index (χ0n) is 6.92. The van der Waals surface area contributed by atoms with E-state index in [4.69, 9.17) is 12.2 Å². The van der Waals surface area contributed by atoms with Gasteiger partial charge in [-0.2, -0.15) is 0 Å². The van der Waals surface area contributed by atoms with Crippen molar-refractivity contribution in [1.82, 2.24) is 20.6 Å². The Morgan fingerprint density at radius 3 is 3.08 bits per heavy atom. The molecule has 0 spiro atoms. The summed E-state index contributed by atoms with van der Waals surface area (Å²) in [6.45, 7) is 3.48. The van der Waals surface area contributed by atoms with Crippen LogP contribution in [0.5, 0.6) is 0 Å². The van der Waals surface area contributed by atoms with Crippen LogP contribution in [0, 0.1) is 0 Å². The molecule has 0 unspecified atom stereocenters. The summed E-state index contributed by atoms with van der Waals surface area (Å²) in [6.07, 6.45) is 3.50. The lowest BCUT2D eigenvalue weighted by atomic mass is 10.6. The van der Waals surface area contributed by atoms with Crippen LogP contribution in [0.4, 0.5) is 0 Å². The third kappa shape index (κ3) is 2.87. The summed E-state index contributed by atoms with van der Waals surface area (Å²) < 4.78 is 0. The highest BCUT2D eigenvalue weighted by atomic mass is 32.1. The third-order valence-corrected chi connectivity index (χ3v) is 1.60. The molecule has 0 amide bonds. The van der Waals surface area contributed by atoms with Crippen molar-refractivity contribution >= 4 is 17.3 Å². The zero-order chi connectivity index (χ0) is 8.81. The minimum Gasteiger partial charge on any atom is -0.363 e. The lowest BCUT2D eigenvalue weighted by molar-refractivity contribution is 0.814. The molecule has 4 nitrogen and oxygen atoms in total. The van der Waals surface area contributed by atoms with E-state index in [9.17, 15) is 0 Å². The van der Waals surface area contributed by atoms with Crippen molar-refractivity contribution < 1.29 is 0 Å². The first-order chi connectivity index (χ1) is 5.83. The smallest absolute Gasteiger partial charge is 0.166 e. The molecule has 3 N–H and O–H groups in total. The van der Waals surface area contributed by atoms with Gasteiger partial charge in [0.15, 0.2) is 5.11 Å². The highest BCUT2D eigenvalue weighted by Crippen LogP contribution is 1.85. The number of aromatic nitrogens is 2. The summed E-state index contributed by atoms with van der Waals surface area (Å²) in [5.41, 5.74) is 0. The van der Waals surface area contributed by atoms with Crippen molar-refractivity contribution in [3.63, 3.8) is 0 Å². The van der Waals surface area contributed by atoms with Gasteiger partial charge in [-0.05, 0) is 19.1 Å². The first-order valence-corrected chi connectivity index (χ1v) is 4.23. The van der Waals surface area contributed by atoms with E-state index in [0.717, 1.165) is 12.4 Å². The Kier molecular flexibility index (Phi) is 3.53. The van der Waals surface area contributed by atoms with Gasteiger partial charge in [0.2, 0.25) is 0 Å². The molecule has 0 atom stereocenters. The van der Waals surface area contributed by atoms with Crippen LogP contribution in [-0.4, -0.2) is 21.6 Å². The quantitative estimate of drug-likeness (QED) is 0.595. The second kappa shape index (κ2) is 4.71. The van der Waals surface area contributed by atoms with Crippen molar-refractivity contribution in [2.45, 2.75) is 13.5 Å². The van der Waals surface area contributed by atoms with Crippen molar-refractivity contribution in [2.75, 3.05) is 6.54 Å². The molecule has 1 heterocycles. The summed E-state index contributed by atoms with van der Waals surface area (Å²) in [5, 5.41) is 6.66. The third-order valence-electron chi connectivity index (χ3n) is 1.31. The lowest BCUT2D eigenvalue weighted by Crippen LogP contribution is -2.34. The van der Waals surface area contributed by atoms with E-state index in [1.54, 1.807) is 12.4 Å². The number of nitrogens with zero attached hydrogens (tertiary/aromatic N) is 1. The fourth-order valence-electron chi connectivity index (χ4n) is 0.782. The highest BCUT2D eigenvalue weighted by molar-refractivity contribution is 7.80. The molecular weight excluding hydrogens is 172 g/mol. The van der Waals surface area contributed by atoms with Crippen LogP contribution in [0.3, 0.4) is 0 Å². The Bertz CT molecular complexity index is 232. The molecule has 1 aromatic heterocycles. The SMILES string of the molecule is CCNC(=S)NCc1ncc[nH]1. The Hall–Kier alpha value is -1.10. The molecule has 0 aliphatic rings. The van der Waals surface area contributed by atoms with Crippen molar-refractivity contribution in [3.8, 4) is 0 Å². The van der Waals surface area contributed by atoms with E-state index in [1.165, 1.54) is 0 Å². The van der Waals surface area contributed by atoms with Crippen LogP contribution in [0.15, 0.2) is 12.4 Å². The van der Waals surface area contributed by atoms with Gasteiger partial charge in [0.05, 0.1) is 6.54 Å². The van der Waals surface area contributed by atoms with E-state index < -0.39 is 0 Å². The monoisotopic (exact) mass is 184 g/mol. The predicted molar refractivity (Wildman–Crippen MR) is 51.7 cm³/mol. The zero-order valence-corrected chi connectivity index (χ0v) is 7.74. The maximum atomic E-state index is 4.96. The number of rotatable bonds is 3. The van der Waals surface area contributed by atoms with Gasteiger partial charge >= 0.3 is 0 Å². The van der Waals surface area contributed by atoms with Gasteiger partial charge in [-0.3, -0.25) is 0 Å². The van der Waals surface area contributed by atoms with E-state index in [-0.39, 0.29) is 0 Å². The first kappa shape index (κ1) is 8.99. The van der Waals surface area contributed by atoms with Crippen molar-refractivity contribution in [1.29, 1.82) is 0 Å². The Morgan fingerprint density at radius 1 is 1.67 bits per heavy atom. The summed E-state index contributed by atoms with van der Waals surface area (Å²) in [6, 6.07) is 0. The number of imidazole rings is 1. The minimum absolute atomic E-state index is 0.638. The normalized spacial score (nSPS) is 9.42.